The van der Waals surface area contributed by atoms with Crippen LogP contribution in [-0.4, -0.2) is 22.6 Å². The second-order valence-electron chi connectivity index (χ2n) is 8.68. The predicted molar refractivity (Wildman–Crippen MR) is 139 cm³/mol. The summed E-state index contributed by atoms with van der Waals surface area (Å²) < 4.78 is 13.1. The van der Waals surface area contributed by atoms with E-state index in [4.69, 9.17) is 9.47 Å². The van der Waals surface area contributed by atoms with Crippen LogP contribution in [0.15, 0.2) is 85.1 Å². The topological polar surface area (TPSA) is 53.4 Å². The molecular weight excluding hydrogens is 436 g/mol. The Morgan fingerprint density at radius 1 is 0.971 bits per heavy atom. The van der Waals surface area contributed by atoms with Crippen molar-refractivity contribution in [1.82, 2.24) is 9.55 Å². The number of aromatic nitrogens is 2. The van der Waals surface area contributed by atoms with Crippen LogP contribution in [0.3, 0.4) is 0 Å². The summed E-state index contributed by atoms with van der Waals surface area (Å²) in [6.45, 7) is 3.48. The Hall–Kier alpha value is -4.12. The van der Waals surface area contributed by atoms with Gasteiger partial charge in [-0.1, -0.05) is 49.4 Å². The zero-order chi connectivity index (χ0) is 24.2. The van der Waals surface area contributed by atoms with Crippen molar-refractivity contribution in [2.75, 3.05) is 7.11 Å². The lowest BCUT2D eigenvalue weighted by atomic mass is 10.0. The Labute approximate surface area is 204 Å². The fourth-order valence-electron chi connectivity index (χ4n) is 4.45. The number of aryl methyl sites for hydroxylation is 1. The van der Waals surface area contributed by atoms with Crippen molar-refractivity contribution in [2.24, 2.45) is 0 Å². The number of pyridine rings is 1. The molecule has 0 bridgehead atoms. The Kier molecular flexibility index (Phi) is 6.49. The Morgan fingerprint density at radius 3 is 2.60 bits per heavy atom. The third-order valence-corrected chi connectivity index (χ3v) is 6.21. The molecule has 0 fully saturated rings. The first kappa shape index (κ1) is 22.7. The number of nitrogens with zero attached hydrogens (tertiary/aromatic N) is 2. The van der Waals surface area contributed by atoms with Crippen LogP contribution in [0.4, 0.5) is 0 Å². The molecule has 0 unspecified atom stereocenters. The molecule has 0 radical (unpaired) electrons. The van der Waals surface area contributed by atoms with E-state index in [1.54, 1.807) is 0 Å². The molecule has 176 valence electrons. The van der Waals surface area contributed by atoms with Crippen molar-refractivity contribution in [1.29, 1.82) is 0 Å². The number of rotatable bonds is 8. The van der Waals surface area contributed by atoms with E-state index in [1.165, 1.54) is 18.2 Å². The van der Waals surface area contributed by atoms with Gasteiger partial charge < -0.3 is 14.0 Å². The summed E-state index contributed by atoms with van der Waals surface area (Å²) in [5.74, 6) is 0.506. The molecular formula is C30H28N2O3. The number of para-hydroxylation sites is 1. The molecule has 5 rings (SSSR count). The standard InChI is InChI=1S/C30H28N2O3/c1-3-16-32-19-24(27-15-11-23(18-29(27)32)30(33)34-2)17-21-8-13-26(14-9-21)35-20-25-12-10-22-6-4-5-7-28(22)31-25/h4-15,18-19H,3,16-17,20H2,1-2H3. The van der Waals surface area contributed by atoms with Gasteiger partial charge in [-0.05, 0) is 60.4 Å². The fourth-order valence-corrected chi connectivity index (χ4v) is 4.45. The molecule has 0 saturated heterocycles. The van der Waals surface area contributed by atoms with E-state index in [0.717, 1.165) is 52.6 Å². The van der Waals surface area contributed by atoms with Crippen molar-refractivity contribution in [2.45, 2.75) is 32.9 Å². The van der Waals surface area contributed by atoms with Crippen LogP contribution in [0.25, 0.3) is 21.8 Å². The van der Waals surface area contributed by atoms with Crippen LogP contribution in [0, 0.1) is 0 Å². The van der Waals surface area contributed by atoms with Gasteiger partial charge in [0.1, 0.15) is 12.4 Å². The van der Waals surface area contributed by atoms with Gasteiger partial charge >= 0.3 is 5.97 Å². The van der Waals surface area contributed by atoms with E-state index in [9.17, 15) is 4.79 Å². The zero-order valence-electron chi connectivity index (χ0n) is 20.0. The van der Waals surface area contributed by atoms with Crippen molar-refractivity contribution in [3.63, 3.8) is 0 Å². The number of hydrogen-bond donors (Lipinski definition) is 0. The number of ether oxygens (including phenoxy) is 2. The largest absolute Gasteiger partial charge is 0.487 e. The monoisotopic (exact) mass is 464 g/mol. The summed E-state index contributed by atoms with van der Waals surface area (Å²) in [5.41, 5.74) is 5.96. The van der Waals surface area contributed by atoms with E-state index in [1.807, 2.05) is 54.6 Å². The van der Waals surface area contributed by atoms with Crippen LogP contribution < -0.4 is 4.74 Å². The lowest BCUT2D eigenvalue weighted by molar-refractivity contribution is 0.0601. The average Bonchev–Trinajstić information content (AvgIpc) is 3.24. The molecule has 0 N–H and O–H groups in total. The lowest BCUT2D eigenvalue weighted by Gasteiger charge is -2.08. The van der Waals surface area contributed by atoms with Gasteiger partial charge in [0.15, 0.2) is 0 Å². The second kappa shape index (κ2) is 10.0. The van der Waals surface area contributed by atoms with E-state index in [-0.39, 0.29) is 5.97 Å². The molecule has 5 heteroatoms. The highest BCUT2D eigenvalue weighted by Gasteiger charge is 2.13. The fraction of sp³-hybridized carbons (Fsp3) is 0.200. The summed E-state index contributed by atoms with van der Waals surface area (Å²) in [4.78, 5) is 16.7. The molecule has 2 heterocycles. The van der Waals surface area contributed by atoms with E-state index >= 15 is 0 Å². The van der Waals surface area contributed by atoms with Gasteiger partial charge in [0.05, 0.1) is 23.9 Å². The van der Waals surface area contributed by atoms with E-state index < -0.39 is 0 Å². The summed E-state index contributed by atoms with van der Waals surface area (Å²) in [6, 6.07) is 26.2. The first-order chi connectivity index (χ1) is 17.1. The van der Waals surface area contributed by atoms with Gasteiger partial charge in [-0.25, -0.2) is 9.78 Å². The highest BCUT2D eigenvalue weighted by Crippen LogP contribution is 2.27. The molecule has 0 spiro atoms. The van der Waals surface area contributed by atoms with Crippen molar-refractivity contribution < 1.29 is 14.3 Å². The predicted octanol–water partition coefficient (Wildman–Crippen LogP) is 6.56. The quantitative estimate of drug-likeness (QED) is 0.244. The molecule has 0 atom stereocenters. The Bertz CT molecular complexity index is 1490. The van der Waals surface area contributed by atoms with Gasteiger partial charge in [0.25, 0.3) is 0 Å². The number of hydrogen-bond acceptors (Lipinski definition) is 4. The van der Waals surface area contributed by atoms with E-state index in [2.05, 4.69) is 46.9 Å². The van der Waals surface area contributed by atoms with Gasteiger partial charge in [-0.15, -0.1) is 0 Å². The minimum absolute atomic E-state index is 0.313. The number of methoxy groups -OCH3 is 1. The number of benzene rings is 3. The van der Waals surface area contributed by atoms with Crippen LogP contribution in [0.5, 0.6) is 5.75 Å². The first-order valence-electron chi connectivity index (χ1n) is 11.9. The maximum absolute atomic E-state index is 12.0. The van der Waals surface area contributed by atoms with Crippen LogP contribution in [-0.2, 0) is 24.3 Å². The number of carbonyl (C=O) groups excluding carboxylic acids is 1. The highest BCUT2D eigenvalue weighted by molar-refractivity contribution is 5.95. The number of fused-ring (bicyclic) bond motifs is 2. The summed E-state index contributed by atoms with van der Waals surface area (Å²) in [7, 11) is 1.41. The third kappa shape index (κ3) is 4.90. The summed E-state index contributed by atoms with van der Waals surface area (Å²) in [5, 5.41) is 2.29. The number of esters is 1. The third-order valence-electron chi connectivity index (χ3n) is 6.21. The van der Waals surface area contributed by atoms with Crippen molar-refractivity contribution in [3.05, 3.63) is 107 Å². The summed E-state index contributed by atoms with van der Waals surface area (Å²) in [6.07, 6.45) is 4.02. The molecule has 0 saturated carbocycles. The minimum atomic E-state index is -0.313. The minimum Gasteiger partial charge on any atom is -0.487 e. The highest BCUT2D eigenvalue weighted by atomic mass is 16.5. The molecule has 5 aromatic rings. The number of carbonyl (C=O) groups is 1. The molecule has 3 aromatic carbocycles. The van der Waals surface area contributed by atoms with Crippen molar-refractivity contribution in [3.8, 4) is 5.75 Å². The molecule has 5 nitrogen and oxygen atoms in total. The van der Waals surface area contributed by atoms with Crippen LogP contribution in [0.1, 0.15) is 40.5 Å². The molecule has 0 aliphatic rings. The maximum Gasteiger partial charge on any atom is 0.337 e. The molecule has 0 amide bonds. The van der Waals surface area contributed by atoms with Crippen LogP contribution >= 0.6 is 0 Å². The van der Waals surface area contributed by atoms with Crippen molar-refractivity contribution >= 4 is 27.8 Å². The van der Waals surface area contributed by atoms with Crippen LogP contribution in [0.2, 0.25) is 0 Å². The maximum atomic E-state index is 12.0. The van der Waals surface area contributed by atoms with Gasteiger partial charge in [0, 0.05) is 29.0 Å². The van der Waals surface area contributed by atoms with Gasteiger partial charge in [-0.3, -0.25) is 0 Å². The average molecular weight is 465 g/mol. The first-order valence-corrected chi connectivity index (χ1v) is 11.9. The van der Waals surface area contributed by atoms with Gasteiger partial charge in [0.2, 0.25) is 0 Å². The zero-order valence-corrected chi connectivity index (χ0v) is 20.0. The second-order valence-corrected chi connectivity index (χ2v) is 8.68. The normalized spacial score (nSPS) is 11.1. The summed E-state index contributed by atoms with van der Waals surface area (Å²) >= 11 is 0. The molecule has 0 aliphatic heterocycles. The smallest absolute Gasteiger partial charge is 0.337 e. The molecule has 2 aromatic heterocycles. The lowest BCUT2D eigenvalue weighted by Crippen LogP contribution is -2.01. The Balaban J connectivity index is 1.31. The van der Waals surface area contributed by atoms with E-state index in [0.29, 0.717) is 12.2 Å². The molecule has 35 heavy (non-hydrogen) atoms. The van der Waals surface area contributed by atoms with Gasteiger partial charge in [-0.2, -0.15) is 0 Å². The molecule has 0 aliphatic carbocycles. The SMILES string of the molecule is CCCn1cc(Cc2ccc(OCc3ccc4ccccc4n3)cc2)c2ccc(C(=O)OC)cc21. The Morgan fingerprint density at radius 2 is 1.80 bits per heavy atom.